The molecule has 1 aliphatic rings. The van der Waals surface area contributed by atoms with E-state index in [4.69, 9.17) is 5.41 Å². The first-order valence-electron chi connectivity index (χ1n) is 6.70. The Bertz CT molecular complexity index is 480. The van der Waals surface area contributed by atoms with Gasteiger partial charge >= 0.3 is 11.9 Å². The number of carboxylic acid groups (broad SMARTS) is 2. The van der Waals surface area contributed by atoms with Crippen LogP contribution in [-0.2, 0) is 9.59 Å². The Balaban J connectivity index is 3.37. The Hall–Kier alpha value is -1.43. The molecule has 0 saturated heterocycles. The van der Waals surface area contributed by atoms with Crippen LogP contribution < -0.4 is 0 Å². The van der Waals surface area contributed by atoms with E-state index in [-0.39, 0.29) is 18.6 Å². The van der Waals surface area contributed by atoms with Crippen LogP contribution in [0.2, 0.25) is 25.7 Å². The van der Waals surface area contributed by atoms with Gasteiger partial charge in [-0.3, -0.25) is 9.59 Å². The highest BCUT2D eigenvalue weighted by Crippen LogP contribution is 2.50. The van der Waals surface area contributed by atoms with Crippen LogP contribution >= 0.6 is 0 Å². The summed E-state index contributed by atoms with van der Waals surface area (Å²) in [5, 5.41) is 27.2. The Morgan fingerprint density at radius 2 is 1.85 bits per heavy atom. The smallest absolute Gasteiger partial charge is 0.316 e. The van der Waals surface area contributed by atoms with Gasteiger partial charge in [0, 0.05) is 20.2 Å². The molecule has 6 heteroatoms. The number of carboxylic acids is 2. The van der Waals surface area contributed by atoms with E-state index >= 15 is 0 Å². The van der Waals surface area contributed by atoms with Crippen LogP contribution in [0.3, 0.4) is 0 Å². The molecule has 0 amide bonds. The molecular formula is C14H23NO4Si. The Morgan fingerprint density at radius 3 is 2.25 bits per heavy atom. The van der Waals surface area contributed by atoms with E-state index in [9.17, 15) is 19.8 Å². The van der Waals surface area contributed by atoms with E-state index in [0.717, 1.165) is 0 Å². The molecule has 0 radical (unpaired) electrons. The molecule has 3 N–H and O–H groups in total. The first-order chi connectivity index (χ1) is 8.97. The molecule has 0 aliphatic heterocycles. The number of nitrogens with one attached hydrogen (secondary N) is 1. The maximum atomic E-state index is 11.9. The van der Waals surface area contributed by atoms with Crippen molar-refractivity contribution in [2.24, 2.45) is 10.8 Å². The normalized spacial score (nSPS) is 30.3. The fourth-order valence-corrected chi connectivity index (χ4v) is 3.78. The molecule has 5 nitrogen and oxygen atoms in total. The lowest BCUT2D eigenvalue weighted by Gasteiger charge is -2.44. The van der Waals surface area contributed by atoms with Gasteiger partial charge in [-0.25, -0.2) is 0 Å². The van der Waals surface area contributed by atoms with Gasteiger partial charge in [0.25, 0.3) is 0 Å². The zero-order valence-corrected chi connectivity index (χ0v) is 13.5. The summed E-state index contributed by atoms with van der Waals surface area (Å²) in [6.07, 6.45) is 3.58. The fraction of sp³-hybridized carbons (Fsp3) is 0.643. The van der Waals surface area contributed by atoms with Crippen molar-refractivity contribution in [1.29, 1.82) is 5.41 Å². The van der Waals surface area contributed by atoms with Crippen LogP contribution in [0, 0.1) is 16.2 Å². The third-order valence-electron chi connectivity index (χ3n) is 4.30. The maximum Gasteiger partial charge on any atom is 0.316 e. The van der Waals surface area contributed by atoms with Gasteiger partial charge in [0.2, 0.25) is 0 Å². The van der Waals surface area contributed by atoms with Crippen LogP contribution in [0.4, 0.5) is 0 Å². The van der Waals surface area contributed by atoms with Gasteiger partial charge in [0.1, 0.15) is 10.8 Å². The van der Waals surface area contributed by atoms with Gasteiger partial charge in [-0.2, -0.15) is 0 Å². The number of rotatable bonds is 5. The molecule has 0 fully saturated rings. The summed E-state index contributed by atoms with van der Waals surface area (Å²) >= 11 is 0. The summed E-state index contributed by atoms with van der Waals surface area (Å²) < 4.78 is 0. The Labute approximate surface area is 120 Å². The Morgan fingerprint density at radius 1 is 1.30 bits per heavy atom. The lowest BCUT2D eigenvalue weighted by molar-refractivity contribution is -0.163. The lowest BCUT2D eigenvalue weighted by Crippen LogP contribution is -2.56. The largest absolute Gasteiger partial charge is 0.481 e. The summed E-state index contributed by atoms with van der Waals surface area (Å²) in [5.41, 5.74) is -3.23. The average Bonchev–Trinajstić information content (AvgIpc) is 2.29. The van der Waals surface area contributed by atoms with Crippen molar-refractivity contribution in [2.45, 2.75) is 45.5 Å². The van der Waals surface area contributed by atoms with Gasteiger partial charge in [0.05, 0.1) is 0 Å². The van der Waals surface area contributed by atoms with E-state index in [1.54, 1.807) is 6.08 Å². The topological polar surface area (TPSA) is 98.5 Å². The highest BCUT2D eigenvalue weighted by atomic mass is 28.3. The first kappa shape index (κ1) is 16.6. The predicted molar refractivity (Wildman–Crippen MR) is 80.1 cm³/mol. The zero-order valence-electron chi connectivity index (χ0n) is 12.5. The highest BCUT2D eigenvalue weighted by molar-refractivity contribution is 6.76. The van der Waals surface area contributed by atoms with Gasteiger partial charge in [-0.05, 0) is 13.3 Å². The molecule has 0 heterocycles. The molecule has 0 aromatic rings. The summed E-state index contributed by atoms with van der Waals surface area (Å²) in [5.74, 6) is -2.38. The van der Waals surface area contributed by atoms with E-state index in [1.807, 2.05) is 0 Å². The van der Waals surface area contributed by atoms with Crippen LogP contribution in [0.1, 0.15) is 19.8 Å². The molecule has 0 spiro atoms. The van der Waals surface area contributed by atoms with Crippen molar-refractivity contribution in [2.75, 3.05) is 0 Å². The summed E-state index contributed by atoms with van der Waals surface area (Å²) in [4.78, 5) is 23.6. The third-order valence-corrected chi connectivity index (χ3v) is 6.05. The van der Waals surface area contributed by atoms with Crippen molar-refractivity contribution in [1.82, 2.24) is 0 Å². The van der Waals surface area contributed by atoms with Crippen LogP contribution in [0.15, 0.2) is 12.2 Å². The third kappa shape index (κ3) is 2.56. The number of hydrogen-bond acceptors (Lipinski definition) is 3. The predicted octanol–water partition coefficient (Wildman–Crippen LogP) is 2.86. The second-order valence-corrected chi connectivity index (χ2v) is 12.5. The SMILES string of the molecule is CC1(C(=O)O)C(=N)CC=CC1(CC[Si](C)(C)C)C(=O)O. The molecule has 20 heavy (non-hydrogen) atoms. The number of carbonyl (C=O) groups is 2. The van der Waals surface area contributed by atoms with Crippen molar-refractivity contribution in [3.05, 3.63) is 12.2 Å². The molecule has 1 rings (SSSR count). The van der Waals surface area contributed by atoms with Gasteiger partial charge in [-0.1, -0.05) is 37.8 Å². The van der Waals surface area contributed by atoms with E-state index < -0.39 is 30.8 Å². The highest BCUT2D eigenvalue weighted by Gasteiger charge is 2.60. The molecule has 0 saturated carbocycles. The van der Waals surface area contributed by atoms with E-state index in [2.05, 4.69) is 19.6 Å². The second kappa shape index (κ2) is 5.16. The first-order valence-corrected chi connectivity index (χ1v) is 10.4. The van der Waals surface area contributed by atoms with Gasteiger partial charge in [-0.15, -0.1) is 0 Å². The van der Waals surface area contributed by atoms with Gasteiger partial charge in [0.15, 0.2) is 0 Å². The molecule has 0 bridgehead atoms. The minimum atomic E-state index is -1.67. The van der Waals surface area contributed by atoms with Crippen molar-refractivity contribution in [3.63, 3.8) is 0 Å². The van der Waals surface area contributed by atoms with Crippen LogP contribution in [0.5, 0.6) is 0 Å². The lowest BCUT2D eigenvalue weighted by atomic mass is 9.57. The van der Waals surface area contributed by atoms with E-state index in [1.165, 1.54) is 13.0 Å². The van der Waals surface area contributed by atoms with Crippen LogP contribution in [0.25, 0.3) is 0 Å². The number of allylic oxidation sites excluding steroid dienone is 1. The standard InChI is InChI=1S/C14H23NO4Si/c1-13(11(16)17)10(15)6-5-7-14(13,12(18)19)8-9-20(2,3)4/h5,7,15H,6,8-9H2,1-4H3,(H,16,17)(H,18,19). The van der Waals surface area contributed by atoms with Crippen LogP contribution in [-0.4, -0.2) is 35.9 Å². The number of aliphatic carboxylic acids is 2. The quantitative estimate of drug-likeness (QED) is 0.536. The van der Waals surface area contributed by atoms with Crippen molar-refractivity contribution < 1.29 is 19.8 Å². The molecule has 2 unspecified atom stereocenters. The van der Waals surface area contributed by atoms with Crippen molar-refractivity contribution in [3.8, 4) is 0 Å². The molecule has 0 aromatic heterocycles. The second-order valence-electron chi connectivity index (χ2n) is 6.85. The molecule has 0 aromatic carbocycles. The maximum absolute atomic E-state index is 11.9. The minimum absolute atomic E-state index is 0.0366. The Kier molecular flexibility index (Phi) is 4.29. The monoisotopic (exact) mass is 297 g/mol. The fourth-order valence-electron chi connectivity index (χ4n) is 2.64. The summed E-state index contributed by atoms with van der Waals surface area (Å²) in [7, 11) is -1.51. The molecule has 112 valence electrons. The number of hydrogen-bond donors (Lipinski definition) is 3. The summed E-state index contributed by atoms with van der Waals surface area (Å²) in [6.45, 7) is 7.75. The van der Waals surface area contributed by atoms with E-state index in [0.29, 0.717) is 6.04 Å². The summed E-state index contributed by atoms with van der Waals surface area (Å²) in [6, 6.07) is 0.708. The molecular weight excluding hydrogens is 274 g/mol. The van der Waals surface area contributed by atoms with Gasteiger partial charge < -0.3 is 15.6 Å². The van der Waals surface area contributed by atoms with Crippen molar-refractivity contribution >= 4 is 25.7 Å². The zero-order chi connectivity index (χ0) is 15.8. The minimum Gasteiger partial charge on any atom is -0.481 e. The molecule has 2 atom stereocenters. The average molecular weight is 297 g/mol. The molecule has 1 aliphatic carbocycles.